The predicted octanol–water partition coefficient (Wildman–Crippen LogP) is 1.71. The number of nitro benzene ring substituents is 1. The number of amides is 1. The smallest absolute Gasteiger partial charge is 0.269 e. The molecule has 1 fully saturated rings. The number of benzene rings is 1. The molecule has 1 heterocycles. The first kappa shape index (κ1) is 18.1. The van der Waals surface area contributed by atoms with Crippen LogP contribution in [0.4, 0.5) is 5.69 Å². The number of hydrazine groups is 1. The van der Waals surface area contributed by atoms with E-state index in [4.69, 9.17) is 0 Å². The van der Waals surface area contributed by atoms with Crippen molar-refractivity contribution in [1.29, 1.82) is 0 Å². The molecule has 2 aliphatic rings. The van der Waals surface area contributed by atoms with Crippen LogP contribution in [0.1, 0.15) is 43.5 Å². The molecule has 0 radical (unpaired) electrons. The molecule has 7 nitrogen and oxygen atoms in total. The maximum atomic E-state index is 12.3. The molecule has 1 aliphatic carbocycles. The Balaban J connectivity index is 1.66. The van der Waals surface area contributed by atoms with Crippen LogP contribution < -0.4 is 15.8 Å². The lowest BCUT2D eigenvalue weighted by atomic mass is 9.83. The molecular weight excluding hydrogens is 332 g/mol. The van der Waals surface area contributed by atoms with Crippen LogP contribution in [0.15, 0.2) is 47.8 Å². The number of hydrogen-bond acceptors (Lipinski definition) is 4. The Morgan fingerprint density at radius 2 is 1.85 bits per heavy atom. The molecule has 0 spiro atoms. The zero-order chi connectivity index (χ0) is 18.7. The van der Waals surface area contributed by atoms with Crippen molar-refractivity contribution in [3.63, 3.8) is 0 Å². The molecule has 0 unspecified atom stereocenters. The largest absolute Gasteiger partial charge is 0.306 e. The van der Waals surface area contributed by atoms with Crippen molar-refractivity contribution in [3.8, 4) is 0 Å². The highest BCUT2D eigenvalue weighted by molar-refractivity contribution is 5.94. The zero-order valence-electron chi connectivity index (χ0n) is 15.2. The highest BCUT2D eigenvalue weighted by Gasteiger charge is 2.30. The Bertz CT molecular complexity index is 759. The van der Waals surface area contributed by atoms with E-state index in [2.05, 4.69) is 36.9 Å². The van der Waals surface area contributed by atoms with Crippen molar-refractivity contribution >= 4 is 11.6 Å². The molecule has 138 valence electrons. The first-order chi connectivity index (χ1) is 12.3. The second kappa shape index (κ2) is 7.29. The average Bonchev–Trinajstić information content (AvgIpc) is 3.13. The van der Waals surface area contributed by atoms with Gasteiger partial charge in [0, 0.05) is 43.0 Å². The number of carbonyl (C=O) groups excluding carboxylic acids is 1. The van der Waals surface area contributed by atoms with Crippen molar-refractivity contribution in [3.05, 3.63) is 63.5 Å². The van der Waals surface area contributed by atoms with E-state index in [1.807, 2.05) is 0 Å². The summed E-state index contributed by atoms with van der Waals surface area (Å²) in [6.45, 7) is 6.72. The molecular formula is C19H25N4O3+. The van der Waals surface area contributed by atoms with Crippen LogP contribution in [0.2, 0.25) is 0 Å². The Hall–Kier alpha value is -2.67. The van der Waals surface area contributed by atoms with Crippen LogP contribution in [-0.4, -0.2) is 23.9 Å². The van der Waals surface area contributed by atoms with Gasteiger partial charge < -0.3 is 4.90 Å². The van der Waals surface area contributed by atoms with Gasteiger partial charge in [-0.1, -0.05) is 19.9 Å². The van der Waals surface area contributed by atoms with Crippen molar-refractivity contribution in [2.45, 2.75) is 33.1 Å². The van der Waals surface area contributed by atoms with E-state index in [0.717, 1.165) is 12.1 Å². The summed E-state index contributed by atoms with van der Waals surface area (Å²) in [5.41, 5.74) is 8.31. The maximum Gasteiger partial charge on any atom is 0.269 e. The first-order valence-electron chi connectivity index (χ1n) is 8.93. The van der Waals surface area contributed by atoms with E-state index < -0.39 is 4.92 Å². The van der Waals surface area contributed by atoms with Gasteiger partial charge in [-0.3, -0.25) is 25.8 Å². The lowest BCUT2D eigenvalue weighted by Crippen LogP contribution is -3.08. The molecule has 3 rings (SSSR count). The van der Waals surface area contributed by atoms with Gasteiger partial charge in [-0.25, -0.2) is 0 Å². The van der Waals surface area contributed by atoms with Crippen molar-refractivity contribution in [2.24, 2.45) is 5.41 Å². The van der Waals surface area contributed by atoms with Crippen molar-refractivity contribution in [1.82, 2.24) is 10.9 Å². The van der Waals surface area contributed by atoms with E-state index in [1.54, 1.807) is 0 Å². The number of quaternary nitrogens is 1. The Kier molecular flexibility index (Phi) is 5.08. The first-order valence-corrected chi connectivity index (χ1v) is 8.93. The summed E-state index contributed by atoms with van der Waals surface area (Å²) in [6, 6.07) is 5.55. The van der Waals surface area contributed by atoms with Gasteiger partial charge >= 0.3 is 0 Å². The summed E-state index contributed by atoms with van der Waals surface area (Å²) < 4.78 is 0. The van der Waals surface area contributed by atoms with E-state index in [-0.39, 0.29) is 17.0 Å². The summed E-state index contributed by atoms with van der Waals surface area (Å²) in [7, 11) is 0. The van der Waals surface area contributed by atoms with Crippen LogP contribution in [-0.2, 0) is 0 Å². The number of carbonyl (C=O) groups is 1. The minimum Gasteiger partial charge on any atom is -0.306 e. The quantitative estimate of drug-likeness (QED) is 0.553. The maximum absolute atomic E-state index is 12.3. The molecule has 1 amide bonds. The van der Waals surface area contributed by atoms with Crippen molar-refractivity contribution in [2.75, 3.05) is 13.1 Å². The zero-order valence-corrected chi connectivity index (χ0v) is 15.2. The molecule has 0 atom stereocenters. The van der Waals surface area contributed by atoms with Gasteiger partial charge in [0.1, 0.15) is 5.70 Å². The molecule has 7 heteroatoms. The molecule has 3 N–H and O–H groups in total. The third kappa shape index (κ3) is 4.29. The summed E-state index contributed by atoms with van der Waals surface area (Å²) in [6.07, 6.45) is 7.79. The normalized spacial score (nSPS) is 19.5. The van der Waals surface area contributed by atoms with Crippen LogP contribution in [0.5, 0.6) is 0 Å². The standard InChI is InChI=1S/C19H24N4O3/c1-19(2)12-15(11-17(13-19)22-9-3-4-10-22)20-21-18(24)14-5-7-16(8-6-14)23(25)26/h5-8,11-12,20H,3-4,9-10,13H2,1-2H3,(H,21,24)/p+1. The second-order valence-corrected chi connectivity index (χ2v) is 7.63. The highest BCUT2D eigenvalue weighted by Crippen LogP contribution is 2.30. The fraction of sp³-hybridized carbons (Fsp3) is 0.421. The van der Waals surface area contributed by atoms with E-state index in [1.165, 1.54) is 60.8 Å². The van der Waals surface area contributed by atoms with E-state index in [9.17, 15) is 14.9 Å². The van der Waals surface area contributed by atoms with Crippen LogP contribution in [0, 0.1) is 15.5 Å². The highest BCUT2D eigenvalue weighted by atomic mass is 16.6. The van der Waals surface area contributed by atoms with Crippen LogP contribution >= 0.6 is 0 Å². The molecule has 0 bridgehead atoms. The number of hydrogen-bond donors (Lipinski definition) is 3. The number of rotatable bonds is 5. The van der Waals surface area contributed by atoms with Crippen LogP contribution in [0.25, 0.3) is 0 Å². The minimum absolute atomic E-state index is 0.0279. The number of nitrogens with zero attached hydrogens (tertiary/aromatic N) is 1. The molecule has 1 aromatic carbocycles. The SMILES string of the molecule is CC1(C)C=C(NNC(=O)c2ccc([N+](=O)[O-])cc2)C=C([NH+]2CCCC2)C1. The lowest BCUT2D eigenvalue weighted by molar-refractivity contribution is -0.849. The van der Waals surface area contributed by atoms with E-state index >= 15 is 0 Å². The fourth-order valence-corrected chi connectivity index (χ4v) is 3.60. The fourth-order valence-electron chi connectivity index (χ4n) is 3.60. The molecule has 0 saturated carbocycles. The van der Waals surface area contributed by atoms with Gasteiger partial charge in [0.25, 0.3) is 11.6 Å². The number of nitrogens with one attached hydrogen (secondary N) is 3. The Labute approximate surface area is 152 Å². The molecule has 26 heavy (non-hydrogen) atoms. The van der Waals surface area contributed by atoms with Gasteiger partial charge in [0.2, 0.25) is 0 Å². The summed E-state index contributed by atoms with van der Waals surface area (Å²) in [5, 5.41) is 10.7. The number of allylic oxidation sites excluding steroid dienone is 3. The number of non-ortho nitro benzene ring substituents is 1. The van der Waals surface area contributed by atoms with Crippen LogP contribution in [0.3, 0.4) is 0 Å². The summed E-state index contributed by atoms with van der Waals surface area (Å²) >= 11 is 0. The van der Waals surface area contributed by atoms with E-state index in [0.29, 0.717) is 5.56 Å². The van der Waals surface area contributed by atoms with Gasteiger partial charge in [-0.05, 0) is 17.5 Å². The van der Waals surface area contributed by atoms with Gasteiger partial charge in [-0.2, -0.15) is 0 Å². The molecule has 0 aromatic heterocycles. The number of nitro groups is 1. The molecule has 1 aliphatic heterocycles. The monoisotopic (exact) mass is 357 g/mol. The van der Waals surface area contributed by atoms with Gasteiger partial charge in [0.15, 0.2) is 0 Å². The third-order valence-electron chi connectivity index (χ3n) is 4.84. The average molecular weight is 357 g/mol. The third-order valence-corrected chi connectivity index (χ3v) is 4.84. The van der Waals surface area contributed by atoms with Crippen molar-refractivity contribution < 1.29 is 14.6 Å². The Morgan fingerprint density at radius 3 is 2.46 bits per heavy atom. The van der Waals surface area contributed by atoms with Gasteiger partial charge in [-0.15, -0.1) is 0 Å². The molecule has 1 saturated heterocycles. The summed E-state index contributed by atoms with van der Waals surface area (Å²) in [5.74, 6) is -0.326. The predicted molar refractivity (Wildman–Crippen MR) is 98.2 cm³/mol. The Morgan fingerprint density at radius 1 is 1.19 bits per heavy atom. The van der Waals surface area contributed by atoms with Gasteiger partial charge in [0.05, 0.1) is 23.7 Å². The molecule has 1 aromatic rings. The topological polar surface area (TPSA) is 88.7 Å². The minimum atomic E-state index is -0.484. The lowest BCUT2D eigenvalue weighted by Gasteiger charge is -2.29. The summed E-state index contributed by atoms with van der Waals surface area (Å²) in [4.78, 5) is 24.0. The second-order valence-electron chi connectivity index (χ2n) is 7.63. The number of likely N-dealkylation sites (tertiary alicyclic amines) is 1.